The fourth-order valence-corrected chi connectivity index (χ4v) is 1.26. The molecule has 0 atom stereocenters. The number of carbonyl (C=O) groups excluding carboxylic acids is 1. The number of anilines is 1. The van der Waals surface area contributed by atoms with E-state index >= 15 is 0 Å². The van der Waals surface area contributed by atoms with Crippen molar-refractivity contribution in [2.75, 3.05) is 5.73 Å². The molecule has 2 N–H and O–H groups in total. The zero-order valence-electron chi connectivity index (χ0n) is 8.59. The minimum Gasteiger partial charge on any atom is -0.461 e. The molecule has 2 aromatic heterocycles. The van der Waals surface area contributed by atoms with Gasteiger partial charge in [0.2, 0.25) is 5.78 Å². The molecule has 88 valence electrons. The average Bonchev–Trinajstić information content (AvgIpc) is 2.79. The number of halogens is 1. The van der Waals surface area contributed by atoms with Crippen LogP contribution in [0.1, 0.15) is 10.6 Å². The van der Waals surface area contributed by atoms with Crippen molar-refractivity contribution < 1.29 is 13.6 Å². The second kappa shape index (κ2) is 4.20. The van der Waals surface area contributed by atoms with Crippen LogP contribution < -0.4 is 11.4 Å². The number of nitrogens with two attached hydrogens (primary N) is 1. The van der Waals surface area contributed by atoms with Crippen LogP contribution in [0.2, 0.25) is 0 Å². The number of Topliss-reactive ketones (excluding diaryl/α,β-unsaturated/α-hetero) is 1. The molecule has 2 rings (SSSR count). The third-order valence-corrected chi connectivity index (χ3v) is 2.09. The Balaban J connectivity index is 2.28. The van der Waals surface area contributed by atoms with Crippen molar-refractivity contribution >= 4 is 11.6 Å². The SMILES string of the molecule is Nc1nc(=O)n(CC(=O)c2ccco2)cc1F. The molecule has 0 radical (unpaired) electrons. The second-order valence-corrected chi connectivity index (χ2v) is 3.29. The molecule has 0 unspecified atom stereocenters. The van der Waals surface area contributed by atoms with Crippen molar-refractivity contribution in [2.24, 2.45) is 0 Å². The van der Waals surface area contributed by atoms with Crippen LogP contribution in [0.5, 0.6) is 0 Å². The molecule has 2 aromatic rings. The van der Waals surface area contributed by atoms with Gasteiger partial charge in [0.05, 0.1) is 12.8 Å². The summed E-state index contributed by atoms with van der Waals surface area (Å²) in [4.78, 5) is 26.1. The Morgan fingerprint density at radius 2 is 2.35 bits per heavy atom. The Labute approximate surface area is 94.5 Å². The summed E-state index contributed by atoms with van der Waals surface area (Å²) in [6, 6.07) is 2.99. The van der Waals surface area contributed by atoms with Crippen molar-refractivity contribution in [3.63, 3.8) is 0 Å². The highest BCUT2D eigenvalue weighted by Gasteiger charge is 2.12. The zero-order chi connectivity index (χ0) is 12.4. The maximum Gasteiger partial charge on any atom is 0.350 e. The van der Waals surface area contributed by atoms with Gasteiger partial charge in [0, 0.05) is 6.20 Å². The highest BCUT2D eigenvalue weighted by molar-refractivity contribution is 5.93. The Morgan fingerprint density at radius 1 is 1.59 bits per heavy atom. The fraction of sp³-hybridized carbons (Fsp3) is 0.100. The van der Waals surface area contributed by atoms with Gasteiger partial charge in [0.25, 0.3) is 0 Å². The van der Waals surface area contributed by atoms with E-state index in [1.54, 1.807) is 0 Å². The normalized spacial score (nSPS) is 10.4. The summed E-state index contributed by atoms with van der Waals surface area (Å²) in [6.07, 6.45) is 2.17. The van der Waals surface area contributed by atoms with E-state index in [0.717, 1.165) is 10.8 Å². The molecule has 6 nitrogen and oxygen atoms in total. The summed E-state index contributed by atoms with van der Waals surface area (Å²) < 4.78 is 18.8. The number of nitrogens with zero attached hydrogens (tertiary/aromatic N) is 2. The van der Waals surface area contributed by atoms with E-state index < -0.39 is 23.1 Å². The lowest BCUT2D eigenvalue weighted by molar-refractivity contribution is 0.0943. The quantitative estimate of drug-likeness (QED) is 0.782. The molecular weight excluding hydrogens is 229 g/mol. The Bertz CT molecular complexity index is 604. The van der Waals surface area contributed by atoms with Gasteiger partial charge < -0.3 is 10.2 Å². The molecule has 0 bridgehead atoms. The van der Waals surface area contributed by atoms with Crippen LogP contribution in [0, 0.1) is 5.82 Å². The van der Waals surface area contributed by atoms with E-state index in [4.69, 9.17) is 10.2 Å². The molecule has 0 aliphatic rings. The van der Waals surface area contributed by atoms with Crippen LogP contribution in [-0.2, 0) is 6.54 Å². The molecule has 0 spiro atoms. The molecule has 0 fully saturated rings. The van der Waals surface area contributed by atoms with Crippen LogP contribution in [0.3, 0.4) is 0 Å². The molecule has 0 aliphatic heterocycles. The van der Waals surface area contributed by atoms with E-state index in [1.807, 2.05) is 0 Å². The zero-order valence-corrected chi connectivity index (χ0v) is 8.59. The third kappa shape index (κ3) is 2.22. The first-order chi connectivity index (χ1) is 8.08. The standard InChI is InChI=1S/C10H8FN3O3/c11-6-4-14(10(16)13-9(6)12)5-7(15)8-2-1-3-17-8/h1-4H,5H2,(H2,12,13,16). The summed E-state index contributed by atoms with van der Waals surface area (Å²) in [5, 5.41) is 0. The molecule has 17 heavy (non-hydrogen) atoms. The number of nitrogen functional groups attached to an aromatic ring is 1. The van der Waals surface area contributed by atoms with Crippen LogP contribution >= 0.6 is 0 Å². The van der Waals surface area contributed by atoms with Gasteiger partial charge in [-0.1, -0.05) is 0 Å². The van der Waals surface area contributed by atoms with Gasteiger partial charge in [-0.15, -0.1) is 0 Å². The minimum absolute atomic E-state index is 0.0918. The van der Waals surface area contributed by atoms with Crippen LogP contribution in [0.25, 0.3) is 0 Å². The van der Waals surface area contributed by atoms with Crippen molar-refractivity contribution in [1.82, 2.24) is 9.55 Å². The Morgan fingerprint density at radius 3 is 3.00 bits per heavy atom. The molecule has 0 saturated carbocycles. The summed E-state index contributed by atoms with van der Waals surface area (Å²) in [7, 11) is 0. The summed E-state index contributed by atoms with van der Waals surface area (Å²) >= 11 is 0. The van der Waals surface area contributed by atoms with Crippen LogP contribution in [0.15, 0.2) is 33.8 Å². The van der Waals surface area contributed by atoms with E-state index in [-0.39, 0.29) is 12.3 Å². The van der Waals surface area contributed by atoms with Crippen LogP contribution in [0.4, 0.5) is 10.2 Å². The molecule has 0 saturated heterocycles. The summed E-state index contributed by atoms with van der Waals surface area (Å²) in [6.45, 7) is -0.351. The fourth-order valence-electron chi connectivity index (χ4n) is 1.26. The van der Waals surface area contributed by atoms with Gasteiger partial charge in [-0.25, -0.2) is 9.18 Å². The van der Waals surface area contributed by atoms with Crippen molar-refractivity contribution in [3.05, 3.63) is 46.7 Å². The monoisotopic (exact) mass is 237 g/mol. The topological polar surface area (TPSA) is 91.1 Å². The van der Waals surface area contributed by atoms with Crippen molar-refractivity contribution in [3.8, 4) is 0 Å². The van der Waals surface area contributed by atoms with E-state index in [2.05, 4.69) is 4.98 Å². The number of furan rings is 1. The molecule has 7 heteroatoms. The molecule has 0 aromatic carbocycles. The van der Waals surface area contributed by atoms with Gasteiger partial charge in [-0.05, 0) is 12.1 Å². The lowest BCUT2D eigenvalue weighted by atomic mass is 10.3. The highest BCUT2D eigenvalue weighted by atomic mass is 19.1. The van der Waals surface area contributed by atoms with E-state index in [0.29, 0.717) is 0 Å². The molecule has 0 amide bonds. The van der Waals surface area contributed by atoms with E-state index in [9.17, 15) is 14.0 Å². The summed E-state index contributed by atoms with van der Waals surface area (Å²) in [5.74, 6) is -1.70. The average molecular weight is 237 g/mol. The van der Waals surface area contributed by atoms with Gasteiger partial charge in [0.1, 0.15) is 0 Å². The van der Waals surface area contributed by atoms with Crippen molar-refractivity contribution in [2.45, 2.75) is 6.54 Å². The van der Waals surface area contributed by atoms with Gasteiger partial charge in [-0.3, -0.25) is 9.36 Å². The summed E-state index contributed by atoms with van der Waals surface area (Å²) in [5.41, 5.74) is 4.32. The number of rotatable bonds is 3. The first-order valence-electron chi connectivity index (χ1n) is 4.67. The van der Waals surface area contributed by atoms with Gasteiger partial charge in [0.15, 0.2) is 17.4 Å². The predicted molar refractivity (Wildman–Crippen MR) is 55.9 cm³/mol. The smallest absolute Gasteiger partial charge is 0.350 e. The minimum atomic E-state index is -0.850. The third-order valence-electron chi connectivity index (χ3n) is 2.09. The van der Waals surface area contributed by atoms with Gasteiger partial charge >= 0.3 is 5.69 Å². The van der Waals surface area contributed by atoms with Crippen LogP contribution in [-0.4, -0.2) is 15.3 Å². The van der Waals surface area contributed by atoms with Gasteiger partial charge in [-0.2, -0.15) is 4.98 Å². The predicted octanol–water partition coefficient (Wildman–Crippen LogP) is 0.440. The lowest BCUT2D eigenvalue weighted by Gasteiger charge is -2.03. The largest absolute Gasteiger partial charge is 0.461 e. The Hall–Kier alpha value is -2.44. The maximum atomic E-state index is 13.1. The number of aromatic nitrogens is 2. The number of ketones is 1. The first-order valence-corrected chi connectivity index (χ1v) is 4.67. The lowest BCUT2D eigenvalue weighted by Crippen LogP contribution is -2.27. The molecule has 0 aliphatic carbocycles. The van der Waals surface area contributed by atoms with E-state index in [1.165, 1.54) is 18.4 Å². The number of hydrogen-bond donors (Lipinski definition) is 1. The first kappa shape index (κ1) is 11.1. The highest BCUT2D eigenvalue weighted by Crippen LogP contribution is 2.04. The number of hydrogen-bond acceptors (Lipinski definition) is 5. The van der Waals surface area contributed by atoms with Crippen molar-refractivity contribution in [1.29, 1.82) is 0 Å². The molecule has 2 heterocycles. The maximum absolute atomic E-state index is 13.1. The molecular formula is C10H8FN3O3. The second-order valence-electron chi connectivity index (χ2n) is 3.29. The Kier molecular flexibility index (Phi) is 2.73. The number of carbonyl (C=O) groups is 1.